The molecule has 0 spiro atoms. The molecule has 0 nitrogen and oxygen atoms in total. The van der Waals surface area contributed by atoms with E-state index in [0.29, 0.717) is 22.7 Å². The second-order valence-electron chi connectivity index (χ2n) is 5.88. The third-order valence-corrected chi connectivity index (χ3v) is 5.29. The topological polar surface area (TPSA) is 0 Å². The fourth-order valence-corrected chi connectivity index (χ4v) is 4.16. The van der Waals surface area contributed by atoms with E-state index in [4.69, 9.17) is 0 Å². The minimum absolute atomic E-state index is 0.378. The van der Waals surface area contributed by atoms with Crippen LogP contribution in [0.15, 0.2) is 24.3 Å². The van der Waals surface area contributed by atoms with Crippen molar-refractivity contribution < 1.29 is 0 Å². The van der Waals surface area contributed by atoms with Gasteiger partial charge in [0.05, 0.1) is 0 Å². The molecule has 3 atom stereocenters. The van der Waals surface area contributed by atoms with E-state index in [-0.39, 0.29) is 0 Å². The van der Waals surface area contributed by atoms with Gasteiger partial charge in [0, 0.05) is 5.41 Å². The van der Waals surface area contributed by atoms with E-state index < -0.39 is 0 Å². The van der Waals surface area contributed by atoms with E-state index >= 15 is 0 Å². The molecule has 0 aromatic rings. The van der Waals surface area contributed by atoms with Crippen LogP contribution >= 0.6 is 0 Å². The fourth-order valence-electron chi connectivity index (χ4n) is 4.16. The normalized spacial score (nSPS) is 46.8. The molecule has 0 aromatic carbocycles. The van der Waals surface area contributed by atoms with Gasteiger partial charge in [0.15, 0.2) is 0 Å². The Labute approximate surface area is 88.1 Å². The highest BCUT2D eigenvalue weighted by Gasteiger charge is 2.66. The highest BCUT2D eigenvalue weighted by Crippen LogP contribution is 2.74. The summed E-state index contributed by atoms with van der Waals surface area (Å²) in [5, 5.41) is 0. The molecule has 2 aliphatic carbocycles. The molecular formula is C14H22. The maximum atomic E-state index is 4.27. The van der Waals surface area contributed by atoms with Gasteiger partial charge in [-0.3, -0.25) is 0 Å². The maximum absolute atomic E-state index is 4.27. The molecule has 14 heavy (non-hydrogen) atoms. The second kappa shape index (κ2) is 2.53. The van der Waals surface area contributed by atoms with Gasteiger partial charge in [-0.25, -0.2) is 0 Å². The van der Waals surface area contributed by atoms with Crippen LogP contribution in [-0.2, 0) is 0 Å². The Balaban J connectivity index is 2.49. The fraction of sp³-hybridized carbons (Fsp3) is 0.714. The van der Waals surface area contributed by atoms with Crippen molar-refractivity contribution >= 4 is 0 Å². The zero-order valence-electron chi connectivity index (χ0n) is 9.98. The Bertz CT molecular complexity index is 310. The molecule has 2 fully saturated rings. The third-order valence-electron chi connectivity index (χ3n) is 5.29. The van der Waals surface area contributed by atoms with Gasteiger partial charge in [-0.2, -0.15) is 0 Å². The summed E-state index contributed by atoms with van der Waals surface area (Å²) in [5.74, 6) is 1.38. The van der Waals surface area contributed by atoms with Crippen LogP contribution in [0.3, 0.4) is 0 Å². The summed E-state index contributed by atoms with van der Waals surface area (Å²) in [5.41, 5.74) is 3.75. The number of rotatable bonds is 1. The zero-order chi connectivity index (χ0) is 10.7. The molecule has 2 aliphatic rings. The third kappa shape index (κ3) is 0.769. The average Bonchev–Trinajstić information content (AvgIpc) is 2.24. The summed E-state index contributed by atoms with van der Waals surface area (Å²) in [7, 11) is 0. The molecule has 0 heterocycles. The van der Waals surface area contributed by atoms with Gasteiger partial charge in [0.1, 0.15) is 0 Å². The van der Waals surface area contributed by atoms with Gasteiger partial charge < -0.3 is 0 Å². The zero-order valence-corrected chi connectivity index (χ0v) is 9.98. The van der Waals surface area contributed by atoms with Crippen molar-refractivity contribution in [2.45, 2.75) is 40.5 Å². The molecule has 0 saturated heterocycles. The van der Waals surface area contributed by atoms with Crippen molar-refractivity contribution in [2.24, 2.45) is 22.7 Å². The summed E-state index contributed by atoms with van der Waals surface area (Å²) >= 11 is 0. The number of hydrogen-bond donors (Lipinski definition) is 0. The highest BCUT2D eigenvalue weighted by atomic mass is 14.7. The Kier molecular flexibility index (Phi) is 1.81. The van der Waals surface area contributed by atoms with E-state index in [1.54, 1.807) is 0 Å². The predicted octanol–water partition coefficient (Wildman–Crippen LogP) is 4.19. The summed E-state index contributed by atoms with van der Waals surface area (Å²) in [6.07, 6.45) is 2.40. The van der Waals surface area contributed by atoms with Crippen molar-refractivity contribution in [1.82, 2.24) is 0 Å². The molecule has 0 radical (unpaired) electrons. The molecule has 0 aromatic heterocycles. The van der Waals surface area contributed by atoms with Gasteiger partial charge in [0.2, 0.25) is 0 Å². The van der Waals surface area contributed by atoms with Gasteiger partial charge in [-0.15, -0.1) is 0 Å². The molecular weight excluding hydrogens is 168 g/mol. The summed E-state index contributed by atoms with van der Waals surface area (Å²) < 4.78 is 0. The Hall–Kier alpha value is -0.520. The van der Waals surface area contributed by atoms with Crippen molar-refractivity contribution in [2.75, 3.05) is 0 Å². The van der Waals surface area contributed by atoms with Crippen LogP contribution in [0.2, 0.25) is 0 Å². The van der Waals surface area contributed by atoms with Crippen LogP contribution in [0.25, 0.3) is 0 Å². The molecule has 0 bridgehead atoms. The maximum Gasteiger partial charge on any atom is 0.00319 e. The molecule has 0 amide bonds. The standard InChI is InChI=1S/C14H22/c1-9(2)14-7-10(3)12(5)13(14,6)8-11(14)4/h9,12H,3-4,7-8H2,1-2,5-6H3. The number of fused-ring (bicyclic) bond motifs is 1. The Morgan fingerprint density at radius 2 is 1.86 bits per heavy atom. The van der Waals surface area contributed by atoms with Gasteiger partial charge in [0.25, 0.3) is 0 Å². The number of allylic oxidation sites excluding steroid dienone is 2. The number of hydrogen-bond acceptors (Lipinski definition) is 0. The molecule has 3 unspecified atom stereocenters. The average molecular weight is 190 g/mol. The van der Waals surface area contributed by atoms with E-state index in [0.717, 1.165) is 0 Å². The lowest BCUT2D eigenvalue weighted by Crippen LogP contribution is -2.52. The minimum Gasteiger partial charge on any atom is -0.0995 e. The van der Waals surface area contributed by atoms with Gasteiger partial charge >= 0.3 is 0 Å². The van der Waals surface area contributed by atoms with Crippen LogP contribution in [0.1, 0.15) is 40.5 Å². The Morgan fingerprint density at radius 3 is 2.14 bits per heavy atom. The van der Waals surface area contributed by atoms with Crippen LogP contribution in [-0.4, -0.2) is 0 Å². The predicted molar refractivity (Wildman–Crippen MR) is 62.1 cm³/mol. The molecule has 2 rings (SSSR count). The minimum atomic E-state index is 0.378. The van der Waals surface area contributed by atoms with Crippen molar-refractivity contribution in [3.05, 3.63) is 24.3 Å². The lowest BCUT2D eigenvalue weighted by Gasteiger charge is -2.60. The van der Waals surface area contributed by atoms with Crippen molar-refractivity contribution in [1.29, 1.82) is 0 Å². The van der Waals surface area contributed by atoms with E-state index in [1.807, 2.05) is 0 Å². The largest absolute Gasteiger partial charge is 0.0995 e. The van der Waals surface area contributed by atoms with Gasteiger partial charge in [-0.05, 0) is 30.1 Å². The van der Waals surface area contributed by atoms with Crippen LogP contribution in [0.5, 0.6) is 0 Å². The quantitative estimate of drug-likeness (QED) is 0.544. The first kappa shape index (κ1) is 10.0. The first-order valence-corrected chi connectivity index (χ1v) is 5.72. The lowest BCUT2D eigenvalue weighted by molar-refractivity contribution is -0.0256. The van der Waals surface area contributed by atoms with E-state index in [9.17, 15) is 0 Å². The first-order valence-electron chi connectivity index (χ1n) is 5.72. The van der Waals surface area contributed by atoms with Gasteiger partial charge in [-0.1, -0.05) is 52.0 Å². The van der Waals surface area contributed by atoms with Crippen molar-refractivity contribution in [3.8, 4) is 0 Å². The molecule has 0 aliphatic heterocycles. The molecule has 2 saturated carbocycles. The Morgan fingerprint density at radius 1 is 1.29 bits per heavy atom. The van der Waals surface area contributed by atoms with E-state index in [1.165, 1.54) is 24.0 Å². The van der Waals surface area contributed by atoms with Crippen LogP contribution < -0.4 is 0 Å². The molecule has 78 valence electrons. The summed E-state index contributed by atoms with van der Waals surface area (Å²) in [6.45, 7) is 18.0. The molecule has 0 N–H and O–H groups in total. The summed E-state index contributed by atoms with van der Waals surface area (Å²) in [6, 6.07) is 0. The second-order valence-corrected chi connectivity index (χ2v) is 5.88. The van der Waals surface area contributed by atoms with E-state index in [2.05, 4.69) is 40.9 Å². The summed E-state index contributed by atoms with van der Waals surface area (Å²) in [4.78, 5) is 0. The highest BCUT2D eigenvalue weighted by molar-refractivity contribution is 5.40. The smallest absolute Gasteiger partial charge is 0.00319 e. The SMILES string of the molecule is C=C1CC2(C(C)C)C(=C)CC2(C)C1C. The van der Waals surface area contributed by atoms with Crippen molar-refractivity contribution in [3.63, 3.8) is 0 Å². The monoisotopic (exact) mass is 190 g/mol. The van der Waals surface area contributed by atoms with Crippen LogP contribution in [0.4, 0.5) is 0 Å². The lowest BCUT2D eigenvalue weighted by atomic mass is 9.44. The first-order chi connectivity index (χ1) is 6.36. The van der Waals surface area contributed by atoms with Crippen LogP contribution in [0, 0.1) is 22.7 Å². The molecule has 0 heteroatoms.